The highest BCUT2D eigenvalue weighted by Gasteiger charge is 2.24. The fourth-order valence-corrected chi connectivity index (χ4v) is 4.32. The molecule has 7 heteroatoms. The molecule has 2 fully saturated rings. The van der Waals surface area contributed by atoms with Gasteiger partial charge in [-0.05, 0) is 40.0 Å². The highest BCUT2D eigenvalue weighted by atomic mass is 16.2. The average molecular weight is 409 g/mol. The van der Waals surface area contributed by atoms with Crippen LogP contribution in [0, 0.1) is 20.8 Å². The van der Waals surface area contributed by atoms with Crippen LogP contribution in [0.25, 0.3) is 0 Å². The van der Waals surface area contributed by atoms with Gasteiger partial charge in [0.15, 0.2) is 0 Å². The first-order valence-corrected chi connectivity index (χ1v) is 10.8. The second-order valence-electron chi connectivity index (χ2n) is 8.58. The molecular weight excluding hydrogens is 376 g/mol. The Morgan fingerprint density at radius 3 is 1.77 bits per heavy atom. The van der Waals surface area contributed by atoms with Gasteiger partial charge in [0.2, 0.25) is 0 Å². The van der Waals surface area contributed by atoms with E-state index in [0.29, 0.717) is 13.1 Å². The summed E-state index contributed by atoms with van der Waals surface area (Å²) in [6.45, 7) is 13.1. The number of carbonyl (C=O) groups excluding carboxylic acids is 1. The number of piperazine rings is 2. The van der Waals surface area contributed by atoms with Gasteiger partial charge in [-0.15, -0.1) is 0 Å². The van der Waals surface area contributed by atoms with Gasteiger partial charge in [0, 0.05) is 64.0 Å². The van der Waals surface area contributed by atoms with E-state index in [4.69, 9.17) is 4.98 Å². The third kappa shape index (κ3) is 4.56. The molecule has 2 aliphatic heterocycles. The number of likely N-dealkylation sites (N-methyl/N-ethyl adjacent to an activating group) is 1. The highest BCUT2D eigenvalue weighted by molar-refractivity contribution is 5.94. The van der Waals surface area contributed by atoms with Gasteiger partial charge in [0.1, 0.15) is 17.5 Å². The minimum absolute atomic E-state index is 0.124. The zero-order valence-electron chi connectivity index (χ0n) is 18.6. The minimum atomic E-state index is 0.124. The summed E-state index contributed by atoms with van der Waals surface area (Å²) < 4.78 is 0. The van der Waals surface area contributed by atoms with Crippen molar-refractivity contribution in [2.75, 3.05) is 69.2 Å². The monoisotopic (exact) mass is 408 g/mol. The van der Waals surface area contributed by atoms with E-state index < -0.39 is 0 Å². The zero-order valence-corrected chi connectivity index (χ0v) is 18.6. The molecular formula is C23H32N6O. The van der Waals surface area contributed by atoms with Crippen molar-refractivity contribution in [2.24, 2.45) is 0 Å². The van der Waals surface area contributed by atoms with Gasteiger partial charge in [-0.2, -0.15) is 0 Å². The normalized spacial score (nSPS) is 18.1. The van der Waals surface area contributed by atoms with Crippen molar-refractivity contribution >= 4 is 17.5 Å². The Bertz CT molecular complexity index is 894. The summed E-state index contributed by atoms with van der Waals surface area (Å²) in [5.74, 6) is 2.91. The van der Waals surface area contributed by atoms with Gasteiger partial charge in [-0.25, -0.2) is 9.97 Å². The van der Waals surface area contributed by atoms with Crippen molar-refractivity contribution in [3.05, 3.63) is 46.8 Å². The highest BCUT2D eigenvalue weighted by Crippen LogP contribution is 2.22. The minimum Gasteiger partial charge on any atom is -0.354 e. The molecule has 1 amide bonds. The van der Waals surface area contributed by atoms with E-state index in [9.17, 15) is 4.79 Å². The van der Waals surface area contributed by atoms with Crippen molar-refractivity contribution in [2.45, 2.75) is 20.8 Å². The molecule has 3 heterocycles. The topological polar surface area (TPSA) is 55.8 Å². The summed E-state index contributed by atoms with van der Waals surface area (Å²) in [5.41, 5.74) is 3.05. The van der Waals surface area contributed by atoms with E-state index in [0.717, 1.165) is 73.4 Å². The Kier molecular flexibility index (Phi) is 5.90. The molecule has 0 saturated carbocycles. The number of carbonyl (C=O) groups is 1. The van der Waals surface area contributed by atoms with Crippen molar-refractivity contribution in [1.82, 2.24) is 19.8 Å². The lowest BCUT2D eigenvalue weighted by atomic mass is 10.1. The maximum Gasteiger partial charge on any atom is 0.253 e. The predicted octanol–water partition coefficient (Wildman–Crippen LogP) is 2.12. The van der Waals surface area contributed by atoms with Gasteiger partial charge in [-0.1, -0.05) is 17.2 Å². The zero-order chi connectivity index (χ0) is 21.3. The molecule has 160 valence electrons. The van der Waals surface area contributed by atoms with Crippen LogP contribution in [-0.4, -0.2) is 85.1 Å². The molecule has 0 aliphatic carbocycles. The van der Waals surface area contributed by atoms with Gasteiger partial charge in [0.05, 0.1) is 0 Å². The van der Waals surface area contributed by atoms with E-state index in [1.54, 1.807) is 0 Å². The lowest BCUT2D eigenvalue weighted by molar-refractivity contribution is 0.0746. The Labute approximate surface area is 179 Å². The second kappa shape index (κ2) is 8.60. The van der Waals surface area contributed by atoms with E-state index in [1.165, 1.54) is 0 Å². The maximum absolute atomic E-state index is 13.0. The summed E-state index contributed by atoms with van der Waals surface area (Å²) in [6, 6.07) is 8.18. The molecule has 2 aliphatic rings. The number of aromatic nitrogens is 2. The molecule has 30 heavy (non-hydrogen) atoms. The SMILES string of the molecule is Cc1cc(C)cc(C(=O)N2CCN(c3cc(N4CCN(C)CC4)nc(C)n3)CC2)c1. The lowest BCUT2D eigenvalue weighted by Gasteiger charge is -2.37. The van der Waals surface area contributed by atoms with Crippen LogP contribution in [0.1, 0.15) is 27.3 Å². The molecule has 2 aromatic rings. The van der Waals surface area contributed by atoms with Crippen molar-refractivity contribution in [1.29, 1.82) is 0 Å². The van der Waals surface area contributed by atoms with E-state index in [1.807, 2.05) is 37.8 Å². The first-order valence-electron chi connectivity index (χ1n) is 10.8. The Morgan fingerprint density at radius 1 is 0.733 bits per heavy atom. The van der Waals surface area contributed by atoms with Gasteiger partial charge >= 0.3 is 0 Å². The fraction of sp³-hybridized carbons (Fsp3) is 0.522. The molecule has 2 saturated heterocycles. The largest absolute Gasteiger partial charge is 0.354 e. The van der Waals surface area contributed by atoms with Crippen LogP contribution in [0.3, 0.4) is 0 Å². The number of nitrogens with zero attached hydrogens (tertiary/aromatic N) is 6. The average Bonchev–Trinajstić information content (AvgIpc) is 2.73. The van der Waals surface area contributed by atoms with Gasteiger partial charge in [-0.3, -0.25) is 4.79 Å². The van der Waals surface area contributed by atoms with Crippen molar-refractivity contribution < 1.29 is 4.79 Å². The summed E-state index contributed by atoms with van der Waals surface area (Å²) >= 11 is 0. The summed E-state index contributed by atoms with van der Waals surface area (Å²) in [6.07, 6.45) is 0. The quantitative estimate of drug-likeness (QED) is 0.776. The van der Waals surface area contributed by atoms with E-state index in [2.05, 4.69) is 38.9 Å². The molecule has 0 radical (unpaired) electrons. The number of anilines is 2. The number of aryl methyl sites for hydroxylation is 3. The van der Waals surface area contributed by atoms with Gasteiger partial charge in [0.25, 0.3) is 5.91 Å². The number of amides is 1. The maximum atomic E-state index is 13.0. The molecule has 0 N–H and O–H groups in total. The standard InChI is InChI=1S/C23H32N6O/c1-17-13-18(2)15-20(14-17)23(30)29-11-9-28(10-12-29)22-16-21(24-19(3)25-22)27-7-5-26(4)6-8-27/h13-16H,5-12H2,1-4H3. The molecule has 0 unspecified atom stereocenters. The van der Waals surface area contributed by atoms with Crippen LogP contribution in [0.15, 0.2) is 24.3 Å². The summed E-state index contributed by atoms with van der Waals surface area (Å²) in [7, 11) is 2.16. The van der Waals surface area contributed by atoms with Crippen LogP contribution < -0.4 is 9.80 Å². The predicted molar refractivity (Wildman–Crippen MR) is 121 cm³/mol. The van der Waals surface area contributed by atoms with Crippen molar-refractivity contribution in [3.63, 3.8) is 0 Å². The first-order chi connectivity index (χ1) is 14.4. The van der Waals surface area contributed by atoms with Crippen LogP contribution in [0.5, 0.6) is 0 Å². The molecule has 7 nitrogen and oxygen atoms in total. The number of rotatable bonds is 3. The fourth-order valence-electron chi connectivity index (χ4n) is 4.32. The first kappa shape index (κ1) is 20.6. The molecule has 0 bridgehead atoms. The number of hydrogen-bond acceptors (Lipinski definition) is 6. The van der Waals surface area contributed by atoms with Crippen LogP contribution in [0.2, 0.25) is 0 Å². The Morgan fingerprint density at radius 2 is 1.23 bits per heavy atom. The van der Waals surface area contributed by atoms with Crippen LogP contribution in [-0.2, 0) is 0 Å². The lowest BCUT2D eigenvalue weighted by Crippen LogP contribution is -2.49. The van der Waals surface area contributed by atoms with Crippen LogP contribution >= 0.6 is 0 Å². The third-order valence-electron chi connectivity index (χ3n) is 6.00. The molecule has 1 aromatic carbocycles. The molecule has 4 rings (SSSR count). The Balaban J connectivity index is 1.43. The Hall–Kier alpha value is -2.67. The van der Waals surface area contributed by atoms with E-state index in [-0.39, 0.29) is 5.91 Å². The smallest absolute Gasteiger partial charge is 0.253 e. The molecule has 0 atom stereocenters. The van der Waals surface area contributed by atoms with Crippen LogP contribution in [0.4, 0.5) is 11.6 Å². The van der Waals surface area contributed by atoms with Crippen molar-refractivity contribution in [3.8, 4) is 0 Å². The number of hydrogen-bond donors (Lipinski definition) is 0. The summed E-state index contributed by atoms with van der Waals surface area (Å²) in [5, 5.41) is 0. The van der Waals surface area contributed by atoms with Gasteiger partial charge < -0.3 is 19.6 Å². The third-order valence-corrected chi connectivity index (χ3v) is 6.00. The van der Waals surface area contributed by atoms with E-state index >= 15 is 0 Å². The summed E-state index contributed by atoms with van der Waals surface area (Å²) in [4.78, 5) is 31.3. The molecule has 0 spiro atoms. The number of benzene rings is 1. The molecule has 1 aromatic heterocycles. The second-order valence-corrected chi connectivity index (χ2v) is 8.58.